The van der Waals surface area contributed by atoms with Crippen molar-refractivity contribution < 1.29 is 14.6 Å². The Hall–Kier alpha value is -0.610. The zero-order valence-corrected chi connectivity index (χ0v) is 9.37. The summed E-state index contributed by atoms with van der Waals surface area (Å²) in [5.41, 5.74) is 0. The van der Waals surface area contributed by atoms with Gasteiger partial charge in [-0.3, -0.25) is 4.79 Å². The summed E-state index contributed by atoms with van der Waals surface area (Å²) in [6, 6.07) is 0. The molecule has 1 aliphatic carbocycles. The molecule has 0 amide bonds. The number of aliphatic hydroxyl groups is 1. The molecule has 4 nitrogen and oxygen atoms in total. The summed E-state index contributed by atoms with van der Waals surface area (Å²) in [5.74, 6) is 0.222. The summed E-state index contributed by atoms with van der Waals surface area (Å²) in [5, 5.41) is 12.4. The van der Waals surface area contributed by atoms with Gasteiger partial charge in [-0.05, 0) is 25.2 Å². The van der Waals surface area contributed by atoms with E-state index in [1.54, 1.807) is 0 Å². The van der Waals surface area contributed by atoms with Crippen molar-refractivity contribution in [3.63, 3.8) is 0 Å². The first-order valence-corrected chi connectivity index (χ1v) is 5.78. The van der Waals surface area contributed by atoms with E-state index in [-0.39, 0.29) is 18.6 Å². The Labute approximate surface area is 91.0 Å². The third-order valence-corrected chi connectivity index (χ3v) is 2.55. The van der Waals surface area contributed by atoms with E-state index in [0.29, 0.717) is 19.1 Å². The highest BCUT2D eigenvalue weighted by Gasteiger charge is 2.29. The molecular formula is C11H21NO3. The average molecular weight is 215 g/mol. The SMILES string of the molecule is CCCCOC(=O)CNCC(O)C1CC1. The van der Waals surface area contributed by atoms with Crippen molar-refractivity contribution >= 4 is 5.97 Å². The van der Waals surface area contributed by atoms with Crippen LogP contribution in [0, 0.1) is 5.92 Å². The number of carbonyl (C=O) groups is 1. The molecular weight excluding hydrogens is 194 g/mol. The molecule has 0 heterocycles. The molecule has 1 saturated carbocycles. The molecule has 88 valence electrons. The fraction of sp³-hybridized carbons (Fsp3) is 0.909. The minimum absolute atomic E-state index is 0.202. The van der Waals surface area contributed by atoms with Crippen LogP contribution in [0.2, 0.25) is 0 Å². The largest absolute Gasteiger partial charge is 0.465 e. The number of rotatable bonds is 8. The molecule has 4 heteroatoms. The van der Waals surface area contributed by atoms with Crippen molar-refractivity contribution in [2.75, 3.05) is 19.7 Å². The molecule has 1 atom stereocenters. The first-order valence-electron chi connectivity index (χ1n) is 5.78. The van der Waals surface area contributed by atoms with E-state index < -0.39 is 0 Å². The molecule has 0 saturated heterocycles. The topological polar surface area (TPSA) is 58.6 Å². The number of hydrogen-bond acceptors (Lipinski definition) is 4. The summed E-state index contributed by atoms with van der Waals surface area (Å²) in [7, 11) is 0. The third-order valence-electron chi connectivity index (χ3n) is 2.55. The Balaban J connectivity index is 1.91. The predicted molar refractivity (Wildman–Crippen MR) is 57.5 cm³/mol. The normalized spacial score (nSPS) is 17.5. The van der Waals surface area contributed by atoms with E-state index in [1.165, 1.54) is 0 Å². The molecule has 0 spiro atoms. The van der Waals surface area contributed by atoms with E-state index in [9.17, 15) is 9.90 Å². The van der Waals surface area contributed by atoms with E-state index in [2.05, 4.69) is 12.2 Å². The third kappa shape index (κ3) is 5.74. The van der Waals surface area contributed by atoms with Gasteiger partial charge in [-0.25, -0.2) is 0 Å². The number of carbonyl (C=O) groups excluding carboxylic acids is 1. The van der Waals surface area contributed by atoms with Crippen LogP contribution in [0.4, 0.5) is 0 Å². The number of esters is 1. The molecule has 15 heavy (non-hydrogen) atoms. The smallest absolute Gasteiger partial charge is 0.319 e. The van der Waals surface area contributed by atoms with Crippen LogP contribution >= 0.6 is 0 Å². The van der Waals surface area contributed by atoms with Crippen molar-refractivity contribution in [2.45, 2.75) is 38.7 Å². The van der Waals surface area contributed by atoms with Gasteiger partial charge in [0.1, 0.15) is 0 Å². The first kappa shape index (κ1) is 12.5. The molecule has 0 aromatic carbocycles. The van der Waals surface area contributed by atoms with Crippen molar-refractivity contribution in [3.05, 3.63) is 0 Å². The van der Waals surface area contributed by atoms with Crippen LogP contribution in [0.5, 0.6) is 0 Å². The van der Waals surface area contributed by atoms with Gasteiger partial charge in [0.05, 0.1) is 19.3 Å². The van der Waals surface area contributed by atoms with Gasteiger partial charge in [0.15, 0.2) is 0 Å². The zero-order chi connectivity index (χ0) is 11.1. The molecule has 1 unspecified atom stereocenters. The van der Waals surface area contributed by atoms with Gasteiger partial charge < -0.3 is 15.2 Å². The van der Waals surface area contributed by atoms with Crippen LogP contribution in [0.15, 0.2) is 0 Å². The summed E-state index contributed by atoms with van der Waals surface area (Å²) in [4.78, 5) is 11.1. The number of aliphatic hydroxyl groups excluding tert-OH is 1. The van der Waals surface area contributed by atoms with E-state index >= 15 is 0 Å². The Bertz CT molecular complexity index is 192. The zero-order valence-electron chi connectivity index (χ0n) is 9.37. The fourth-order valence-electron chi connectivity index (χ4n) is 1.35. The van der Waals surface area contributed by atoms with Gasteiger partial charge in [-0.15, -0.1) is 0 Å². The number of hydrogen-bond donors (Lipinski definition) is 2. The summed E-state index contributed by atoms with van der Waals surface area (Å²) in [6.07, 6.45) is 3.87. The van der Waals surface area contributed by atoms with E-state index in [1.807, 2.05) is 0 Å². The van der Waals surface area contributed by atoms with Gasteiger partial charge in [-0.1, -0.05) is 13.3 Å². The van der Waals surface area contributed by atoms with Crippen LogP contribution in [0.25, 0.3) is 0 Å². The van der Waals surface area contributed by atoms with Crippen molar-refractivity contribution in [2.24, 2.45) is 5.92 Å². The quantitative estimate of drug-likeness (QED) is 0.462. The fourth-order valence-corrected chi connectivity index (χ4v) is 1.35. The highest BCUT2D eigenvalue weighted by Crippen LogP contribution is 2.32. The van der Waals surface area contributed by atoms with Crippen LogP contribution in [0.1, 0.15) is 32.6 Å². The first-order chi connectivity index (χ1) is 7.24. The minimum atomic E-state index is -0.298. The van der Waals surface area contributed by atoms with Crippen LogP contribution in [-0.2, 0) is 9.53 Å². The van der Waals surface area contributed by atoms with E-state index in [4.69, 9.17) is 4.74 Å². The molecule has 1 fully saturated rings. The summed E-state index contributed by atoms with van der Waals surface area (Å²) >= 11 is 0. The standard InChI is InChI=1S/C11H21NO3/c1-2-3-6-15-11(14)8-12-7-10(13)9-4-5-9/h9-10,12-13H,2-8H2,1H3. The summed E-state index contributed by atoms with van der Waals surface area (Å²) in [6.45, 7) is 3.25. The Kier molecular flexibility index (Phi) is 5.65. The number of nitrogens with one attached hydrogen (secondary N) is 1. The molecule has 0 aliphatic heterocycles. The molecule has 0 aromatic heterocycles. The van der Waals surface area contributed by atoms with Crippen molar-refractivity contribution in [1.29, 1.82) is 0 Å². The Morgan fingerprint density at radius 2 is 2.33 bits per heavy atom. The van der Waals surface area contributed by atoms with Gasteiger partial charge in [-0.2, -0.15) is 0 Å². The molecule has 0 radical (unpaired) electrons. The second-order valence-electron chi connectivity index (χ2n) is 4.11. The average Bonchev–Trinajstić information content (AvgIpc) is 3.01. The van der Waals surface area contributed by atoms with Gasteiger partial charge >= 0.3 is 5.97 Å². The van der Waals surface area contributed by atoms with Crippen LogP contribution in [0.3, 0.4) is 0 Å². The number of unbranched alkanes of at least 4 members (excludes halogenated alkanes) is 1. The lowest BCUT2D eigenvalue weighted by Gasteiger charge is -2.10. The minimum Gasteiger partial charge on any atom is -0.465 e. The second kappa shape index (κ2) is 6.80. The van der Waals surface area contributed by atoms with Gasteiger partial charge in [0, 0.05) is 6.54 Å². The molecule has 1 aliphatic rings. The van der Waals surface area contributed by atoms with Gasteiger partial charge in [0.2, 0.25) is 0 Å². The lowest BCUT2D eigenvalue weighted by molar-refractivity contribution is -0.142. The lowest BCUT2D eigenvalue weighted by atomic mass is 10.2. The Morgan fingerprint density at radius 1 is 1.60 bits per heavy atom. The monoisotopic (exact) mass is 215 g/mol. The summed E-state index contributed by atoms with van der Waals surface area (Å²) < 4.78 is 4.96. The van der Waals surface area contributed by atoms with E-state index in [0.717, 1.165) is 25.7 Å². The maximum Gasteiger partial charge on any atom is 0.319 e. The maximum atomic E-state index is 11.1. The van der Waals surface area contributed by atoms with Crippen molar-refractivity contribution in [3.8, 4) is 0 Å². The second-order valence-corrected chi connectivity index (χ2v) is 4.11. The Morgan fingerprint density at radius 3 is 2.93 bits per heavy atom. The molecule has 2 N–H and O–H groups in total. The maximum absolute atomic E-state index is 11.1. The molecule has 0 aromatic rings. The molecule has 0 bridgehead atoms. The lowest BCUT2D eigenvalue weighted by Crippen LogP contribution is -2.33. The number of ether oxygens (including phenoxy) is 1. The molecule has 1 rings (SSSR count). The predicted octanol–water partition coefficient (Wildman–Crippen LogP) is 0.690. The van der Waals surface area contributed by atoms with Crippen molar-refractivity contribution in [1.82, 2.24) is 5.32 Å². The van der Waals surface area contributed by atoms with Crippen LogP contribution in [-0.4, -0.2) is 36.9 Å². The highest BCUT2D eigenvalue weighted by molar-refractivity contribution is 5.71. The highest BCUT2D eigenvalue weighted by atomic mass is 16.5. The van der Waals surface area contributed by atoms with Crippen LogP contribution < -0.4 is 5.32 Å². The van der Waals surface area contributed by atoms with Gasteiger partial charge in [0.25, 0.3) is 0 Å².